The van der Waals surface area contributed by atoms with Crippen molar-refractivity contribution in [3.05, 3.63) is 34.9 Å². The number of rotatable bonds is 5. The summed E-state index contributed by atoms with van der Waals surface area (Å²) in [6.07, 6.45) is 1.28. The number of morpholine rings is 1. The highest BCUT2D eigenvalue weighted by molar-refractivity contribution is 6.31. The summed E-state index contributed by atoms with van der Waals surface area (Å²) in [7, 11) is 2.14. The van der Waals surface area contributed by atoms with Crippen molar-refractivity contribution in [2.75, 3.05) is 39.8 Å². The Hall–Kier alpha value is -0.610. The summed E-state index contributed by atoms with van der Waals surface area (Å²) in [6, 6.07) is 8.01. The van der Waals surface area contributed by atoms with E-state index >= 15 is 0 Å². The van der Waals surface area contributed by atoms with E-state index in [1.54, 1.807) is 0 Å². The van der Waals surface area contributed by atoms with E-state index in [-0.39, 0.29) is 0 Å². The van der Waals surface area contributed by atoms with Crippen molar-refractivity contribution in [1.29, 1.82) is 0 Å². The predicted molar refractivity (Wildman–Crippen MR) is 75.3 cm³/mol. The van der Waals surface area contributed by atoms with Gasteiger partial charge in [-0.3, -0.25) is 0 Å². The zero-order chi connectivity index (χ0) is 12.8. The molecule has 3 nitrogen and oxygen atoms in total. The van der Waals surface area contributed by atoms with Gasteiger partial charge in [-0.25, -0.2) is 0 Å². The second kappa shape index (κ2) is 7.10. The highest BCUT2D eigenvalue weighted by Crippen LogP contribution is 2.14. The standard InChI is InChI=1S/C14H21ClN2O/c1-17-8-9-18-13(11-17)10-16-7-6-12-4-2-3-5-14(12)15/h2-5,13,16H,6-11H2,1H3/t13-/m1/s1. The van der Waals surface area contributed by atoms with E-state index in [4.69, 9.17) is 16.3 Å². The summed E-state index contributed by atoms with van der Waals surface area (Å²) < 4.78 is 5.69. The van der Waals surface area contributed by atoms with E-state index in [2.05, 4.69) is 23.3 Å². The number of likely N-dealkylation sites (N-methyl/N-ethyl adjacent to an activating group) is 1. The van der Waals surface area contributed by atoms with Crippen molar-refractivity contribution in [3.8, 4) is 0 Å². The minimum atomic E-state index is 0.315. The maximum Gasteiger partial charge on any atom is 0.0826 e. The molecule has 4 heteroatoms. The Balaban J connectivity index is 1.65. The number of ether oxygens (including phenoxy) is 1. The first-order valence-electron chi connectivity index (χ1n) is 6.50. The molecule has 1 aliphatic rings. The lowest BCUT2D eigenvalue weighted by molar-refractivity contribution is -0.0179. The summed E-state index contributed by atoms with van der Waals surface area (Å²) in [5, 5.41) is 4.30. The number of halogens is 1. The first kappa shape index (κ1) is 13.8. The molecule has 1 aromatic rings. The zero-order valence-corrected chi connectivity index (χ0v) is 11.6. The Kier molecular flexibility index (Phi) is 5.45. The molecule has 0 amide bonds. The smallest absolute Gasteiger partial charge is 0.0826 e. The molecule has 100 valence electrons. The minimum Gasteiger partial charge on any atom is -0.374 e. The highest BCUT2D eigenvalue weighted by Gasteiger charge is 2.16. The molecular formula is C14H21ClN2O. The first-order chi connectivity index (χ1) is 8.75. The van der Waals surface area contributed by atoms with Gasteiger partial charge >= 0.3 is 0 Å². The lowest BCUT2D eigenvalue weighted by Gasteiger charge is -2.30. The van der Waals surface area contributed by atoms with Crippen molar-refractivity contribution in [1.82, 2.24) is 10.2 Å². The van der Waals surface area contributed by atoms with Gasteiger partial charge in [0.25, 0.3) is 0 Å². The van der Waals surface area contributed by atoms with Crippen LogP contribution < -0.4 is 5.32 Å². The van der Waals surface area contributed by atoms with Crippen molar-refractivity contribution in [2.24, 2.45) is 0 Å². The molecule has 1 N–H and O–H groups in total. The van der Waals surface area contributed by atoms with Crippen LogP contribution in [-0.2, 0) is 11.2 Å². The van der Waals surface area contributed by atoms with Gasteiger partial charge in [0.15, 0.2) is 0 Å². The number of hydrogen-bond acceptors (Lipinski definition) is 3. The molecule has 1 fully saturated rings. The lowest BCUT2D eigenvalue weighted by Crippen LogP contribution is -2.45. The Bertz CT molecular complexity index is 373. The summed E-state index contributed by atoms with van der Waals surface area (Å²) in [5.41, 5.74) is 1.20. The van der Waals surface area contributed by atoms with E-state index in [1.807, 2.05) is 18.2 Å². The molecule has 1 aromatic carbocycles. The highest BCUT2D eigenvalue weighted by atomic mass is 35.5. The van der Waals surface area contributed by atoms with Crippen LogP contribution in [0.1, 0.15) is 5.56 Å². The monoisotopic (exact) mass is 268 g/mol. The van der Waals surface area contributed by atoms with Crippen LogP contribution >= 0.6 is 11.6 Å². The van der Waals surface area contributed by atoms with Crippen LogP contribution in [0.25, 0.3) is 0 Å². The maximum absolute atomic E-state index is 6.11. The molecule has 0 bridgehead atoms. The Morgan fingerprint density at radius 1 is 1.44 bits per heavy atom. The van der Waals surface area contributed by atoms with Crippen molar-refractivity contribution in [3.63, 3.8) is 0 Å². The third-order valence-corrected chi connectivity index (χ3v) is 3.61. The molecular weight excluding hydrogens is 248 g/mol. The number of hydrogen-bond donors (Lipinski definition) is 1. The van der Waals surface area contributed by atoms with Crippen LogP contribution in [0.3, 0.4) is 0 Å². The predicted octanol–water partition coefficient (Wildman–Crippen LogP) is 1.80. The summed E-state index contributed by atoms with van der Waals surface area (Å²) in [6.45, 7) is 4.74. The van der Waals surface area contributed by atoms with Crippen LogP contribution in [0.5, 0.6) is 0 Å². The average Bonchev–Trinajstić information content (AvgIpc) is 2.37. The topological polar surface area (TPSA) is 24.5 Å². The SMILES string of the molecule is CN1CCO[C@H](CNCCc2ccccc2Cl)C1. The summed E-state index contributed by atoms with van der Waals surface area (Å²) in [4.78, 5) is 2.31. The van der Waals surface area contributed by atoms with Crippen LogP contribution in [0.4, 0.5) is 0 Å². The minimum absolute atomic E-state index is 0.315. The van der Waals surface area contributed by atoms with Gasteiger partial charge in [0.05, 0.1) is 12.7 Å². The van der Waals surface area contributed by atoms with Gasteiger partial charge < -0.3 is 15.0 Å². The molecule has 1 aliphatic heterocycles. The van der Waals surface area contributed by atoms with Crippen LogP contribution in [-0.4, -0.2) is 50.8 Å². The molecule has 2 rings (SSSR count). The van der Waals surface area contributed by atoms with Gasteiger partial charge in [-0.05, 0) is 31.6 Å². The number of benzene rings is 1. The van der Waals surface area contributed by atoms with Crippen molar-refractivity contribution in [2.45, 2.75) is 12.5 Å². The molecule has 1 atom stereocenters. The van der Waals surface area contributed by atoms with Crippen molar-refractivity contribution < 1.29 is 4.74 Å². The van der Waals surface area contributed by atoms with Crippen LogP contribution in [0.2, 0.25) is 5.02 Å². The maximum atomic E-state index is 6.11. The second-order valence-electron chi connectivity index (χ2n) is 4.80. The normalized spacial score (nSPS) is 21.1. The Morgan fingerprint density at radius 3 is 3.06 bits per heavy atom. The van der Waals surface area contributed by atoms with Gasteiger partial charge in [0.1, 0.15) is 0 Å². The zero-order valence-electron chi connectivity index (χ0n) is 10.9. The number of nitrogens with one attached hydrogen (secondary N) is 1. The molecule has 0 aliphatic carbocycles. The van der Waals surface area contributed by atoms with E-state index < -0.39 is 0 Å². The van der Waals surface area contributed by atoms with Gasteiger partial charge in [-0.15, -0.1) is 0 Å². The molecule has 0 spiro atoms. The van der Waals surface area contributed by atoms with Crippen LogP contribution in [0.15, 0.2) is 24.3 Å². The molecule has 1 saturated heterocycles. The van der Waals surface area contributed by atoms with E-state index in [0.717, 1.165) is 44.2 Å². The third kappa shape index (κ3) is 4.25. The molecule has 0 radical (unpaired) electrons. The fourth-order valence-corrected chi connectivity index (χ4v) is 2.41. The third-order valence-electron chi connectivity index (χ3n) is 3.24. The summed E-state index contributed by atoms with van der Waals surface area (Å²) >= 11 is 6.11. The molecule has 1 heterocycles. The molecule has 0 unspecified atom stereocenters. The molecule has 0 aromatic heterocycles. The van der Waals surface area contributed by atoms with Crippen molar-refractivity contribution >= 4 is 11.6 Å². The molecule has 0 saturated carbocycles. The largest absolute Gasteiger partial charge is 0.374 e. The van der Waals surface area contributed by atoms with Gasteiger partial charge in [-0.1, -0.05) is 29.8 Å². The Morgan fingerprint density at radius 2 is 2.28 bits per heavy atom. The number of nitrogens with zero attached hydrogens (tertiary/aromatic N) is 1. The first-order valence-corrected chi connectivity index (χ1v) is 6.88. The quantitative estimate of drug-likeness (QED) is 0.825. The van der Waals surface area contributed by atoms with Gasteiger partial charge in [0.2, 0.25) is 0 Å². The van der Waals surface area contributed by atoms with Crippen LogP contribution in [0, 0.1) is 0 Å². The van der Waals surface area contributed by atoms with E-state index in [1.165, 1.54) is 5.56 Å². The van der Waals surface area contributed by atoms with Gasteiger partial charge in [-0.2, -0.15) is 0 Å². The molecule has 18 heavy (non-hydrogen) atoms. The second-order valence-corrected chi connectivity index (χ2v) is 5.21. The average molecular weight is 269 g/mol. The van der Waals surface area contributed by atoms with E-state index in [9.17, 15) is 0 Å². The fourth-order valence-electron chi connectivity index (χ4n) is 2.18. The Labute approximate surface area is 114 Å². The van der Waals surface area contributed by atoms with Gasteiger partial charge in [0, 0.05) is 24.7 Å². The summed E-state index contributed by atoms with van der Waals surface area (Å²) in [5.74, 6) is 0. The fraction of sp³-hybridized carbons (Fsp3) is 0.571. The lowest BCUT2D eigenvalue weighted by atomic mass is 10.1. The van der Waals surface area contributed by atoms with E-state index in [0.29, 0.717) is 6.10 Å².